The second kappa shape index (κ2) is 6.36. The first-order valence-electron chi connectivity index (χ1n) is 6.93. The Kier molecular flexibility index (Phi) is 4.55. The van der Waals surface area contributed by atoms with Crippen LogP contribution in [0.4, 0.5) is 0 Å². The van der Waals surface area contributed by atoms with Gasteiger partial charge in [0.25, 0.3) is 0 Å². The lowest BCUT2D eigenvalue weighted by Crippen LogP contribution is -2.22. The highest BCUT2D eigenvalue weighted by molar-refractivity contribution is 5.34. The van der Waals surface area contributed by atoms with Crippen LogP contribution in [0.3, 0.4) is 0 Å². The molecule has 20 heavy (non-hydrogen) atoms. The highest BCUT2D eigenvalue weighted by atomic mass is 14.9. The zero-order chi connectivity index (χ0) is 14.5. The van der Waals surface area contributed by atoms with Gasteiger partial charge in [0.15, 0.2) is 0 Å². The molecule has 0 aromatic heterocycles. The number of nitrogens with zero attached hydrogens (tertiary/aromatic N) is 1. The van der Waals surface area contributed by atoms with Crippen LogP contribution in [-0.4, -0.2) is 0 Å². The number of hydrogen-bond acceptors (Lipinski definition) is 2. The van der Waals surface area contributed by atoms with Crippen LogP contribution in [0, 0.1) is 18.3 Å². The van der Waals surface area contributed by atoms with E-state index < -0.39 is 0 Å². The molecule has 2 atom stereocenters. The van der Waals surface area contributed by atoms with Crippen LogP contribution in [0.1, 0.15) is 48.2 Å². The Morgan fingerprint density at radius 2 is 1.60 bits per heavy atom. The monoisotopic (exact) mass is 264 g/mol. The Hall–Kier alpha value is -2.11. The summed E-state index contributed by atoms with van der Waals surface area (Å²) in [6, 6.07) is 19.0. The molecule has 1 unspecified atom stereocenters. The van der Waals surface area contributed by atoms with Crippen molar-refractivity contribution in [2.24, 2.45) is 0 Å². The largest absolute Gasteiger partial charge is 0.304 e. The fourth-order valence-electron chi connectivity index (χ4n) is 2.30. The topological polar surface area (TPSA) is 35.8 Å². The second-order valence-corrected chi connectivity index (χ2v) is 5.26. The highest BCUT2D eigenvalue weighted by Gasteiger charge is 2.11. The van der Waals surface area contributed by atoms with Crippen molar-refractivity contribution in [3.8, 4) is 6.07 Å². The number of nitrogens with one attached hydrogen (secondary N) is 1. The van der Waals surface area contributed by atoms with Crippen molar-refractivity contribution < 1.29 is 0 Å². The van der Waals surface area contributed by atoms with Gasteiger partial charge in [-0.05, 0) is 44.0 Å². The minimum atomic E-state index is 0.208. The van der Waals surface area contributed by atoms with E-state index in [0.29, 0.717) is 5.56 Å². The molecule has 0 aliphatic carbocycles. The Labute approximate surface area is 121 Å². The number of aryl methyl sites for hydroxylation is 1. The van der Waals surface area contributed by atoms with Crippen LogP contribution in [0.15, 0.2) is 48.5 Å². The van der Waals surface area contributed by atoms with Gasteiger partial charge in [0, 0.05) is 12.1 Å². The van der Waals surface area contributed by atoms with Crippen molar-refractivity contribution in [2.75, 3.05) is 0 Å². The Morgan fingerprint density at radius 1 is 0.950 bits per heavy atom. The van der Waals surface area contributed by atoms with Crippen molar-refractivity contribution in [3.63, 3.8) is 0 Å². The van der Waals surface area contributed by atoms with Crippen LogP contribution in [0.5, 0.6) is 0 Å². The van der Waals surface area contributed by atoms with Crippen LogP contribution >= 0.6 is 0 Å². The molecule has 0 aliphatic rings. The van der Waals surface area contributed by atoms with Gasteiger partial charge in [0.1, 0.15) is 0 Å². The van der Waals surface area contributed by atoms with Gasteiger partial charge < -0.3 is 5.32 Å². The molecule has 0 fully saturated rings. The fourth-order valence-corrected chi connectivity index (χ4v) is 2.30. The predicted octanol–water partition coefficient (Wildman–Crippen LogP) is 4.28. The standard InChI is InChI=1S/C18H20N2/c1-13-7-9-17(10-8-13)14(2)20-15(3)18-6-4-5-16(11-18)12-19/h4-11,14-15,20H,1-3H3/t14-,15?/m1/s1. The van der Waals surface area contributed by atoms with E-state index in [1.54, 1.807) is 0 Å². The normalized spacial score (nSPS) is 13.5. The van der Waals surface area contributed by atoms with Gasteiger partial charge >= 0.3 is 0 Å². The molecular weight excluding hydrogens is 244 g/mol. The number of nitriles is 1. The molecule has 1 N–H and O–H groups in total. The summed E-state index contributed by atoms with van der Waals surface area (Å²) < 4.78 is 0. The molecule has 0 saturated carbocycles. The lowest BCUT2D eigenvalue weighted by atomic mass is 10.0. The molecule has 0 radical (unpaired) electrons. The molecular formula is C18H20N2. The minimum absolute atomic E-state index is 0.208. The summed E-state index contributed by atoms with van der Waals surface area (Å²) in [6.07, 6.45) is 0. The molecule has 2 heteroatoms. The number of hydrogen-bond donors (Lipinski definition) is 1. The van der Waals surface area contributed by atoms with Gasteiger partial charge in [-0.2, -0.15) is 5.26 Å². The van der Waals surface area contributed by atoms with Crippen molar-refractivity contribution in [1.82, 2.24) is 5.32 Å². The van der Waals surface area contributed by atoms with E-state index >= 15 is 0 Å². The first-order valence-corrected chi connectivity index (χ1v) is 6.93. The highest BCUT2D eigenvalue weighted by Crippen LogP contribution is 2.20. The number of rotatable bonds is 4. The Bertz CT molecular complexity index is 608. The third-order valence-electron chi connectivity index (χ3n) is 3.59. The van der Waals surface area contributed by atoms with E-state index in [1.807, 2.05) is 18.2 Å². The Balaban J connectivity index is 2.08. The van der Waals surface area contributed by atoms with E-state index in [-0.39, 0.29) is 12.1 Å². The van der Waals surface area contributed by atoms with Crippen molar-refractivity contribution in [2.45, 2.75) is 32.9 Å². The average molecular weight is 264 g/mol. The van der Waals surface area contributed by atoms with Gasteiger partial charge in [-0.3, -0.25) is 0 Å². The van der Waals surface area contributed by atoms with E-state index in [2.05, 4.69) is 62.5 Å². The molecule has 0 aliphatic heterocycles. The summed E-state index contributed by atoms with van der Waals surface area (Å²) in [4.78, 5) is 0. The first kappa shape index (κ1) is 14.3. The van der Waals surface area contributed by atoms with Crippen LogP contribution in [-0.2, 0) is 0 Å². The quantitative estimate of drug-likeness (QED) is 0.894. The minimum Gasteiger partial charge on any atom is -0.304 e. The zero-order valence-electron chi connectivity index (χ0n) is 12.2. The van der Waals surface area contributed by atoms with E-state index in [4.69, 9.17) is 5.26 Å². The van der Waals surface area contributed by atoms with Gasteiger partial charge in [-0.15, -0.1) is 0 Å². The molecule has 2 rings (SSSR count). The maximum atomic E-state index is 8.96. The molecule has 0 heterocycles. The maximum absolute atomic E-state index is 8.96. The van der Waals surface area contributed by atoms with E-state index in [9.17, 15) is 0 Å². The lowest BCUT2D eigenvalue weighted by molar-refractivity contribution is 0.494. The van der Waals surface area contributed by atoms with Crippen molar-refractivity contribution in [3.05, 3.63) is 70.8 Å². The summed E-state index contributed by atoms with van der Waals surface area (Å²) in [6.45, 7) is 6.38. The first-order chi connectivity index (χ1) is 9.60. The van der Waals surface area contributed by atoms with Gasteiger partial charge in [0.2, 0.25) is 0 Å². The predicted molar refractivity (Wildman–Crippen MR) is 82.3 cm³/mol. The molecule has 2 aromatic carbocycles. The molecule has 0 amide bonds. The fraction of sp³-hybridized carbons (Fsp3) is 0.278. The van der Waals surface area contributed by atoms with Crippen LogP contribution < -0.4 is 5.32 Å². The van der Waals surface area contributed by atoms with Gasteiger partial charge in [0.05, 0.1) is 11.6 Å². The van der Waals surface area contributed by atoms with E-state index in [0.717, 1.165) is 5.56 Å². The number of benzene rings is 2. The maximum Gasteiger partial charge on any atom is 0.0991 e. The summed E-state index contributed by atoms with van der Waals surface area (Å²) in [7, 11) is 0. The molecule has 2 nitrogen and oxygen atoms in total. The summed E-state index contributed by atoms with van der Waals surface area (Å²) >= 11 is 0. The smallest absolute Gasteiger partial charge is 0.0991 e. The molecule has 0 bridgehead atoms. The Morgan fingerprint density at radius 3 is 2.25 bits per heavy atom. The average Bonchev–Trinajstić information content (AvgIpc) is 2.47. The zero-order valence-corrected chi connectivity index (χ0v) is 12.2. The summed E-state index contributed by atoms with van der Waals surface area (Å²) in [5, 5.41) is 12.5. The summed E-state index contributed by atoms with van der Waals surface area (Å²) in [5.41, 5.74) is 4.40. The van der Waals surface area contributed by atoms with Crippen LogP contribution in [0.2, 0.25) is 0 Å². The third-order valence-corrected chi connectivity index (χ3v) is 3.59. The van der Waals surface area contributed by atoms with Crippen molar-refractivity contribution in [1.29, 1.82) is 5.26 Å². The SMILES string of the molecule is Cc1ccc([C@@H](C)NC(C)c2cccc(C#N)c2)cc1. The lowest BCUT2D eigenvalue weighted by Gasteiger charge is -2.21. The van der Waals surface area contributed by atoms with E-state index in [1.165, 1.54) is 11.1 Å². The van der Waals surface area contributed by atoms with Crippen LogP contribution in [0.25, 0.3) is 0 Å². The van der Waals surface area contributed by atoms with Gasteiger partial charge in [-0.1, -0.05) is 42.0 Å². The van der Waals surface area contributed by atoms with Gasteiger partial charge in [-0.25, -0.2) is 0 Å². The molecule has 2 aromatic rings. The molecule has 102 valence electrons. The van der Waals surface area contributed by atoms with Crippen molar-refractivity contribution >= 4 is 0 Å². The molecule has 0 saturated heterocycles. The summed E-state index contributed by atoms with van der Waals surface area (Å²) in [5.74, 6) is 0. The molecule has 0 spiro atoms. The second-order valence-electron chi connectivity index (χ2n) is 5.26. The third kappa shape index (κ3) is 3.46.